The maximum absolute atomic E-state index is 13.7. The minimum atomic E-state index is -3.86. The number of rotatable bonds is 7. The first-order chi connectivity index (χ1) is 27.5. The zero-order valence-corrected chi connectivity index (χ0v) is 39.7. The van der Waals surface area contributed by atoms with Crippen molar-refractivity contribution < 1.29 is 71.9 Å². The van der Waals surface area contributed by atoms with E-state index >= 15 is 0 Å². The third-order valence-electron chi connectivity index (χ3n) is 10.3. The van der Waals surface area contributed by atoms with Gasteiger partial charge in [-0.15, -0.1) is 0 Å². The first kappa shape index (κ1) is 48.5. The van der Waals surface area contributed by atoms with E-state index in [9.17, 15) is 22.6 Å². The largest absolute Gasteiger partial charge is 0.455 e. The van der Waals surface area contributed by atoms with Crippen LogP contribution in [0.4, 0.5) is 15.8 Å². The molecular formula is C45H51BClFIr2N2O6S. The molecule has 3 aliphatic carbocycles. The van der Waals surface area contributed by atoms with E-state index in [0.29, 0.717) is 51.4 Å². The van der Waals surface area contributed by atoms with Gasteiger partial charge in [0.15, 0.2) is 0 Å². The fourth-order valence-corrected chi connectivity index (χ4v) is 8.56. The molecule has 1 unspecified atom stereocenters. The second-order valence-corrected chi connectivity index (χ2v) is 17.0. The predicted octanol–water partition coefficient (Wildman–Crippen LogP) is 11.2. The van der Waals surface area contributed by atoms with Gasteiger partial charge < -0.3 is 19.4 Å². The molecule has 3 aromatic carbocycles. The summed E-state index contributed by atoms with van der Waals surface area (Å²) in [6.07, 6.45) is 31.3. The van der Waals surface area contributed by atoms with Gasteiger partial charge in [0.25, 0.3) is 5.91 Å². The normalized spacial score (nSPS) is 17.4. The van der Waals surface area contributed by atoms with E-state index in [1.807, 2.05) is 6.07 Å². The molecule has 1 amide bonds. The van der Waals surface area contributed by atoms with E-state index in [-0.39, 0.29) is 63.7 Å². The summed E-state index contributed by atoms with van der Waals surface area (Å²) >= 11 is 6.65. The van der Waals surface area contributed by atoms with E-state index in [1.54, 1.807) is 24.3 Å². The summed E-state index contributed by atoms with van der Waals surface area (Å²) in [4.78, 5) is 13.1. The molecule has 2 N–H and O–H groups in total. The zero-order chi connectivity index (χ0) is 40.4. The number of nitrogens with zero attached hydrogens (tertiary/aromatic N) is 1. The molecule has 1 saturated carbocycles. The number of nitrogens with one attached hydrogen (secondary N) is 1. The Morgan fingerprint density at radius 2 is 1.36 bits per heavy atom. The number of halogens is 2. The summed E-state index contributed by atoms with van der Waals surface area (Å²) in [5, 5.41) is 13.3. The quantitative estimate of drug-likeness (QED) is 0.141. The Morgan fingerprint density at radius 3 is 1.80 bits per heavy atom. The molecule has 1 atom stereocenters. The molecule has 1 saturated heterocycles. The topological polar surface area (TPSA) is 109 Å². The van der Waals surface area contributed by atoms with Gasteiger partial charge in [0.2, 0.25) is 10.0 Å². The minimum absolute atomic E-state index is 0. The number of anilines is 2. The third kappa shape index (κ3) is 13.2. The molecule has 8 nitrogen and oxygen atoms in total. The molecule has 4 aromatic rings. The molecule has 2 fully saturated rings. The Kier molecular flexibility index (Phi) is 19.1. The van der Waals surface area contributed by atoms with Gasteiger partial charge in [0.1, 0.15) is 17.2 Å². The standard InChI is InChI=1S/C29H27BClFN2O6S.2C8H12.2Ir/c1-33-29(35)27-23-12-22(16-3-4-16)25(13-26(23)40-28(27)17-5-7-19(32)8-6-17)34(41(2,37)38)20-9-10-21(24(31)11-20)18-14-30(36)39-15-18;2*1-2-4-6-8-7-5-3-1;;/h5-13,16,18,36H,3-4,14-15H2,1-2H3,(H,33,35);2*1-2,7-8H,3-6H2;;. The second kappa shape index (κ2) is 23.2. The summed E-state index contributed by atoms with van der Waals surface area (Å²) in [6, 6.07) is 14.2. The monoisotopic (exact) mass is 1200 g/mol. The molecule has 59 heavy (non-hydrogen) atoms. The number of carbonyl (C=O) groups is 1. The van der Waals surface area contributed by atoms with Gasteiger partial charge in [-0.3, -0.25) is 4.79 Å². The summed E-state index contributed by atoms with van der Waals surface area (Å²) in [5.41, 5.74) is 3.42. The maximum Gasteiger partial charge on any atom is 0.454 e. The molecule has 2 radical (unpaired) electrons. The van der Waals surface area contributed by atoms with Crippen molar-refractivity contribution in [3.05, 3.63) is 131 Å². The van der Waals surface area contributed by atoms with Crippen molar-refractivity contribution in [3.63, 3.8) is 0 Å². The van der Waals surface area contributed by atoms with Crippen molar-refractivity contribution in [1.29, 1.82) is 0 Å². The van der Waals surface area contributed by atoms with Crippen LogP contribution >= 0.6 is 11.6 Å². The van der Waals surface area contributed by atoms with Gasteiger partial charge in [-0.25, -0.2) is 17.1 Å². The number of carbonyl (C=O) groups excluding carboxylic acids is 1. The summed E-state index contributed by atoms with van der Waals surface area (Å²) in [6.45, 7) is 0.321. The van der Waals surface area contributed by atoms with E-state index in [1.165, 1.54) is 87.0 Å². The van der Waals surface area contributed by atoms with Crippen molar-refractivity contribution >= 4 is 57.0 Å². The molecule has 4 aliphatic rings. The van der Waals surface area contributed by atoms with E-state index in [2.05, 4.69) is 53.9 Å². The van der Waals surface area contributed by atoms with E-state index < -0.39 is 23.0 Å². The number of furan rings is 1. The molecule has 1 aliphatic heterocycles. The first-order valence-corrected chi connectivity index (χ1v) is 22.1. The van der Waals surface area contributed by atoms with Crippen molar-refractivity contribution in [2.45, 2.75) is 82.4 Å². The van der Waals surface area contributed by atoms with Crippen molar-refractivity contribution in [2.24, 2.45) is 0 Å². The SMILES string of the molecule is C1=CCCC=CCC1.C1=CCCC=CCC1.CNC(=O)c1c(-c2ccc(F)cc2)oc2cc(N(c3ccc(C4COB(O)C4)c(Cl)c3)S(C)(=O)=O)c(C3CC3)cc12.[Ir].[Ir]. The number of hydrogen-bond acceptors (Lipinski definition) is 6. The van der Waals surface area contributed by atoms with Gasteiger partial charge in [-0.05, 0) is 130 Å². The Bertz CT molecular complexity index is 2180. The molecule has 2 heterocycles. The Hall–Kier alpha value is -3.12. The summed E-state index contributed by atoms with van der Waals surface area (Å²) in [7, 11) is -3.20. The number of allylic oxidation sites excluding steroid dienone is 8. The molecule has 0 spiro atoms. The predicted molar refractivity (Wildman–Crippen MR) is 230 cm³/mol. The number of benzene rings is 3. The van der Waals surface area contributed by atoms with Crippen LogP contribution in [0.5, 0.6) is 0 Å². The molecule has 318 valence electrons. The summed E-state index contributed by atoms with van der Waals surface area (Å²) < 4.78 is 53.0. The van der Waals surface area contributed by atoms with Gasteiger partial charge >= 0.3 is 7.12 Å². The number of hydrogen-bond donors (Lipinski definition) is 2. The third-order valence-corrected chi connectivity index (χ3v) is 11.7. The second-order valence-electron chi connectivity index (χ2n) is 14.7. The maximum atomic E-state index is 13.7. The molecule has 0 bridgehead atoms. The van der Waals surface area contributed by atoms with Gasteiger partial charge in [0, 0.05) is 81.8 Å². The van der Waals surface area contributed by atoms with Crippen LogP contribution in [0, 0.1) is 5.82 Å². The van der Waals surface area contributed by atoms with Crippen LogP contribution in [0.2, 0.25) is 11.3 Å². The Labute approximate surface area is 380 Å². The van der Waals surface area contributed by atoms with Gasteiger partial charge in [-0.2, -0.15) is 0 Å². The van der Waals surface area contributed by atoms with Gasteiger partial charge in [-0.1, -0.05) is 66.3 Å². The number of sulfonamides is 1. The van der Waals surface area contributed by atoms with E-state index in [4.69, 9.17) is 20.7 Å². The minimum Gasteiger partial charge on any atom is -0.455 e. The van der Waals surface area contributed by atoms with Crippen LogP contribution < -0.4 is 9.62 Å². The molecule has 1 aromatic heterocycles. The van der Waals surface area contributed by atoms with Crippen LogP contribution in [-0.2, 0) is 54.9 Å². The Balaban J connectivity index is 0.000000356. The van der Waals surface area contributed by atoms with Crippen molar-refractivity contribution in [3.8, 4) is 11.3 Å². The fraction of sp³-hybridized carbons (Fsp3) is 0.356. The molecular weight excluding hydrogens is 1150 g/mol. The smallest absolute Gasteiger partial charge is 0.454 e. The van der Waals surface area contributed by atoms with Crippen LogP contribution in [0.1, 0.15) is 97.5 Å². The Morgan fingerprint density at radius 1 is 0.814 bits per heavy atom. The number of amides is 1. The fourth-order valence-electron chi connectivity index (χ4n) is 7.22. The molecule has 8 rings (SSSR count). The molecule has 14 heteroatoms. The summed E-state index contributed by atoms with van der Waals surface area (Å²) in [5.74, 6) is -0.534. The van der Waals surface area contributed by atoms with Crippen LogP contribution in [0.3, 0.4) is 0 Å². The first-order valence-electron chi connectivity index (χ1n) is 19.8. The van der Waals surface area contributed by atoms with E-state index in [0.717, 1.165) is 30.2 Å². The van der Waals surface area contributed by atoms with Crippen LogP contribution in [-0.4, -0.2) is 46.4 Å². The average molecular weight is 1200 g/mol. The van der Waals surface area contributed by atoms with Crippen LogP contribution in [0.25, 0.3) is 22.3 Å². The zero-order valence-electron chi connectivity index (χ0n) is 33.3. The van der Waals surface area contributed by atoms with Crippen molar-refractivity contribution in [2.75, 3.05) is 24.2 Å². The number of fused-ring (bicyclic) bond motifs is 1. The van der Waals surface area contributed by atoms with Gasteiger partial charge in [0.05, 0.1) is 23.2 Å². The van der Waals surface area contributed by atoms with Crippen molar-refractivity contribution in [1.82, 2.24) is 5.32 Å². The van der Waals surface area contributed by atoms with Crippen LogP contribution in [0.15, 0.2) is 108 Å². The average Bonchev–Trinajstić information content (AvgIpc) is 3.80.